The first-order valence-corrected chi connectivity index (χ1v) is 9.55. The van der Waals surface area contributed by atoms with Crippen LogP contribution in [0.4, 0.5) is 11.4 Å². The lowest BCUT2D eigenvalue weighted by atomic mass is 10.2. The predicted octanol–water partition coefficient (Wildman–Crippen LogP) is 6.45. The Balaban J connectivity index is 1.60. The molecule has 0 radical (unpaired) electrons. The fourth-order valence-electron chi connectivity index (χ4n) is 2.26. The SMILES string of the molecule is O=[N+]([O-])c1ccc(N=Cc2ccc(OCc3ccc(Br)cc3Br)cc2)cc1. The molecule has 5 nitrogen and oxygen atoms in total. The maximum Gasteiger partial charge on any atom is 0.269 e. The van der Waals surface area contributed by atoms with E-state index in [0.29, 0.717) is 12.3 Å². The number of aliphatic imine (C=N–C) groups is 1. The van der Waals surface area contributed by atoms with Gasteiger partial charge in [0.15, 0.2) is 0 Å². The van der Waals surface area contributed by atoms with Crippen LogP contribution in [0.3, 0.4) is 0 Å². The molecule has 3 aromatic carbocycles. The highest BCUT2D eigenvalue weighted by Crippen LogP contribution is 2.24. The molecular formula is C20H14Br2N2O3. The summed E-state index contributed by atoms with van der Waals surface area (Å²) in [5.74, 6) is 0.761. The van der Waals surface area contributed by atoms with Crippen LogP contribution in [0.25, 0.3) is 0 Å². The van der Waals surface area contributed by atoms with Crippen LogP contribution in [0.15, 0.2) is 80.7 Å². The lowest BCUT2D eigenvalue weighted by Crippen LogP contribution is -1.96. The zero-order valence-electron chi connectivity index (χ0n) is 14.0. The van der Waals surface area contributed by atoms with Gasteiger partial charge in [-0.25, -0.2) is 0 Å². The van der Waals surface area contributed by atoms with Crippen molar-refractivity contribution in [3.05, 3.63) is 96.9 Å². The summed E-state index contributed by atoms with van der Waals surface area (Å²) in [5.41, 5.74) is 2.67. The van der Waals surface area contributed by atoms with E-state index in [1.807, 2.05) is 42.5 Å². The van der Waals surface area contributed by atoms with Gasteiger partial charge in [-0.05, 0) is 54.1 Å². The summed E-state index contributed by atoms with van der Waals surface area (Å²) in [7, 11) is 0. The number of nitro groups is 1. The third-order valence-electron chi connectivity index (χ3n) is 3.71. The highest BCUT2D eigenvalue weighted by Gasteiger charge is 2.03. The molecule has 0 saturated carbocycles. The molecule has 0 fully saturated rings. The molecule has 0 amide bonds. The molecule has 0 atom stereocenters. The van der Waals surface area contributed by atoms with Crippen molar-refractivity contribution in [2.24, 2.45) is 4.99 Å². The van der Waals surface area contributed by atoms with E-state index in [4.69, 9.17) is 4.74 Å². The van der Waals surface area contributed by atoms with Crippen LogP contribution in [0.5, 0.6) is 5.75 Å². The van der Waals surface area contributed by atoms with Gasteiger partial charge in [-0.1, -0.05) is 37.9 Å². The Morgan fingerprint density at radius 1 is 1.00 bits per heavy atom. The number of halogens is 2. The number of nitrogens with zero attached hydrogens (tertiary/aromatic N) is 2. The number of hydrogen-bond acceptors (Lipinski definition) is 4. The Bertz CT molecular complexity index is 972. The lowest BCUT2D eigenvalue weighted by molar-refractivity contribution is -0.384. The molecule has 0 N–H and O–H groups in total. The van der Waals surface area contributed by atoms with E-state index in [0.717, 1.165) is 25.8 Å². The minimum Gasteiger partial charge on any atom is -0.489 e. The van der Waals surface area contributed by atoms with Gasteiger partial charge in [-0.15, -0.1) is 0 Å². The van der Waals surface area contributed by atoms with Crippen molar-refractivity contribution in [3.63, 3.8) is 0 Å². The van der Waals surface area contributed by atoms with Gasteiger partial charge in [-0.3, -0.25) is 15.1 Å². The molecule has 0 saturated heterocycles. The van der Waals surface area contributed by atoms with E-state index in [-0.39, 0.29) is 5.69 Å². The Kier molecular flexibility index (Phi) is 6.36. The van der Waals surface area contributed by atoms with Gasteiger partial charge in [0.1, 0.15) is 12.4 Å². The van der Waals surface area contributed by atoms with Crippen molar-refractivity contribution < 1.29 is 9.66 Å². The van der Waals surface area contributed by atoms with Crippen LogP contribution >= 0.6 is 31.9 Å². The summed E-state index contributed by atoms with van der Waals surface area (Å²) < 4.78 is 7.81. The van der Waals surface area contributed by atoms with Gasteiger partial charge in [0, 0.05) is 32.9 Å². The first-order valence-electron chi connectivity index (χ1n) is 7.96. The van der Waals surface area contributed by atoms with Gasteiger partial charge >= 0.3 is 0 Å². The van der Waals surface area contributed by atoms with Crippen LogP contribution in [0.2, 0.25) is 0 Å². The maximum atomic E-state index is 10.7. The molecular weight excluding hydrogens is 476 g/mol. The number of nitro benzene ring substituents is 1. The number of ether oxygens (including phenoxy) is 1. The van der Waals surface area contributed by atoms with E-state index in [1.165, 1.54) is 12.1 Å². The smallest absolute Gasteiger partial charge is 0.269 e. The Hall–Kier alpha value is -2.51. The largest absolute Gasteiger partial charge is 0.489 e. The van der Waals surface area contributed by atoms with Gasteiger partial charge in [0.05, 0.1) is 10.6 Å². The van der Waals surface area contributed by atoms with Crippen LogP contribution < -0.4 is 4.74 Å². The Morgan fingerprint density at radius 2 is 1.70 bits per heavy atom. The van der Waals surface area contributed by atoms with Crippen molar-refractivity contribution in [3.8, 4) is 5.75 Å². The maximum absolute atomic E-state index is 10.7. The molecule has 0 spiro atoms. The minimum absolute atomic E-state index is 0.0489. The zero-order valence-corrected chi connectivity index (χ0v) is 17.2. The summed E-state index contributed by atoms with van der Waals surface area (Å²) >= 11 is 6.95. The summed E-state index contributed by atoms with van der Waals surface area (Å²) in [4.78, 5) is 14.5. The zero-order chi connectivity index (χ0) is 19.2. The summed E-state index contributed by atoms with van der Waals surface area (Å²) in [5, 5.41) is 10.7. The van der Waals surface area contributed by atoms with E-state index < -0.39 is 4.92 Å². The second kappa shape index (κ2) is 8.92. The second-order valence-corrected chi connectivity index (χ2v) is 7.40. The molecule has 27 heavy (non-hydrogen) atoms. The molecule has 3 rings (SSSR count). The number of benzene rings is 3. The Labute approximate surface area is 173 Å². The van der Waals surface area contributed by atoms with Crippen molar-refractivity contribution in [2.75, 3.05) is 0 Å². The van der Waals surface area contributed by atoms with Gasteiger partial charge in [0.2, 0.25) is 0 Å². The summed E-state index contributed by atoms with van der Waals surface area (Å²) in [6.07, 6.45) is 1.70. The molecule has 0 heterocycles. The Morgan fingerprint density at radius 3 is 2.33 bits per heavy atom. The van der Waals surface area contributed by atoms with Crippen molar-refractivity contribution in [1.82, 2.24) is 0 Å². The molecule has 7 heteroatoms. The molecule has 3 aromatic rings. The van der Waals surface area contributed by atoms with E-state index >= 15 is 0 Å². The fraction of sp³-hybridized carbons (Fsp3) is 0.0500. The second-order valence-electron chi connectivity index (χ2n) is 5.63. The first-order chi connectivity index (χ1) is 13.0. The van der Waals surface area contributed by atoms with Gasteiger partial charge < -0.3 is 4.74 Å². The van der Waals surface area contributed by atoms with Crippen molar-refractivity contribution >= 4 is 49.4 Å². The predicted molar refractivity (Wildman–Crippen MR) is 113 cm³/mol. The molecule has 0 bridgehead atoms. The molecule has 0 unspecified atom stereocenters. The number of rotatable bonds is 6. The normalized spacial score (nSPS) is 10.9. The van der Waals surface area contributed by atoms with E-state index in [1.54, 1.807) is 18.3 Å². The fourth-order valence-corrected chi connectivity index (χ4v) is 3.42. The molecule has 0 aliphatic rings. The highest BCUT2D eigenvalue weighted by molar-refractivity contribution is 9.11. The molecule has 0 aromatic heterocycles. The highest BCUT2D eigenvalue weighted by atomic mass is 79.9. The van der Waals surface area contributed by atoms with Crippen LogP contribution in [0, 0.1) is 10.1 Å². The monoisotopic (exact) mass is 488 g/mol. The third kappa shape index (κ3) is 5.48. The van der Waals surface area contributed by atoms with Crippen molar-refractivity contribution in [1.29, 1.82) is 0 Å². The summed E-state index contributed by atoms with van der Waals surface area (Å²) in [6.45, 7) is 0.462. The summed E-state index contributed by atoms with van der Waals surface area (Å²) in [6, 6.07) is 19.6. The average Bonchev–Trinajstić information content (AvgIpc) is 2.67. The lowest BCUT2D eigenvalue weighted by Gasteiger charge is -2.08. The first kappa shape index (κ1) is 19.3. The standard InChI is InChI=1S/C20H14Br2N2O3/c21-16-4-3-15(20(22)11-16)13-27-19-9-1-14(2-10-19)12-23-17-5-7-18(8-6-17)24(25)26/h1-12H,13H2. The van der Waals surface area contributed by atoms with Crippen LogP contribution in [-0.2, 0) is 6.61 Å². The van der Waals surface area contributed by atoms with Crippen LogP contribution in [-0.4, -0.2) is 11.1 Å². The van der Waals surface area contributed by atoms with Crippen LogP contribution in [0.1, 0.15) is 11.1 Å². The van der Waals surface area contributed by atoms with E-state index in [9.17, 15) is 10.1 Å². The average molecular weight is 490 g/mol. The third-order valence-corrected chi connectivity index (χ3v) is 4.94. The number of non-ortho nitro benzene ring substituents is 1. The topological polar surface area (TPSA) is 64.7 Å². The van der Waals surface area contributed by atoms with Gasteiger partial charge in [-0.2, -0.15) is 0 Å². The quantitative estimate of drug-likeness (QED) is 0.227. The molecule has 136 valence electrons. The van der Waals surface area contributed by atoms with Crippen molar-refractivity contribution in [2.45, 2.75) is 6.61 Å². The minimum atomic E-state index is -0.432. The van der Waals surface area contributed by atoms with Gasteiger partial charge in [0.25, 0.3) is 5.69 Å². The molecule has 0 aliphatic heterocycles. The molecule has 0 aliphatic carbocycles. The van der Waals surface area contributed by atoms with E-state index in [2.05, 4.69) is 36.9 Å². The number of hydrogen-bond donors (Lipinski definition) is 0.